The van der Waals surface area contributed by atoms with Crippen LogP contribution in [0.15, 0.2) is 59.8 Å². The zero-order valence-electron chi connectivity index (χ0n) is 17.1. The van der Waals surface area contributed by atoms with Gasteiger partial charge in [0.2, 0.25) is 0 Å². The third-order valence-corrected chi connectivity index (χ3v) is 8.39. The summed E-state index contributed by atoms with van der Waals surface area (Å²) < 4.78 is 41.4. The number of nitrogens with zero attached hydrogens (tertiary/aromatic N) is 2. The number of halogens is 1. The van der Waals surface area contributed by atoms with Crippen LogP contribution >= 0.6 is 0 Å². The molecule has 160 valence electrons. The van der Waals surface area contributed by atoms with Crippen LogP contribution in [-0.4, -0.2) is 29.7 Å². The Morgan fingerprint density at radius 2 is 1.68 bits per heavy atom. The van der Waals surface area contributed by atoms with E-state index < -0.39 is 15.7 Å². The van der Waals surface area contributed by atoms with E-state index in [2.05, 4.69) is 15.3 Å². The molecule has 31 heavy (non-hydrogen) atoms. The molecule has 2 saturated carbocycles. The van der Waals surface area contributed by atoms with Crippen molar-refractivity contribution in [3.8, 4) is 22.4 Å². The van der Waals surface area contributed by atoms with Crippen molar-refractivity contribution >= 4 is 15.7 Å². The first-order valence-electron chi connectivity index (χ1n) is 10.7. The van der Waals surface area contributed by atoms with Gasteiger partial charge in [-0.25, -0.2) is 17.8 Å². The lowest BCUT2D eigenvalue weighted by Gasteiger charge is -2.15. The van der Waals surface area contributed by atoms with E-state index >= 15 is 4.39 Å². The van der Waals surface area contributed by atoms with E-state index in [0.717, 1.165) is 25.7 Å². The Labute approximate surface area is 181 Å². The Morgan fingerprint density at radius 1 is 0.903 bits per heavy atom. The third-order valence-electron chi connectivity index (χ3n) is 6.07. The van der Waals surface area contributed by atoms with Crippen molar-refractivity contribution in [2.45, 2.75) is 54.7 Å². The molecular weight excluding hydrogens is 413 g/mol. The number of anilines is 1. The SMILES string of the molecule is O=S(=O)(c1ccccc1-c1ccc(-c2cnc(NC3CC3)cn2)c(F)c1)C1CCCC1. The fourth-order valence-electron chi connectivity index (χ4n) is 4.20. The first-order chi connectivity index (χ1) is 15.0. The minimum atomic E-state index is -3.45. The van der Waals surface area contributed by atoms with Crippen LogP contribution in [0.4, 0.5) is 10.2 Å². The molecule has 0 atom stereocenters. The van der Waals surface area contributed by atoms with E-state index in [9.17, 15) is 8.42 Å². The standard InChI is InChI=1S/C24H24FN3O2S/c25-21-13-16(9-12-20(21)22-14-27-24(15-26-22)28-17-10-11-17)19-7-3-4-8-23(19)31(29,30)18-5-1-2-6-18/h3-4,7-9,12-15,17-18H,1-2,5-6,10-11H2,(H,27,28). The van der Waals surface area contributed by atoms with Crippen LogP contribution in [-0.2, 0) is 9.84 Å². The van der Waals surface area contributed by atoms with E-state index in [4.69, 9.17) is 0 Å². The maximum Gasteiger partial charge on any atom is 0.181 e. The van der Waals surface area contributed by atoms with Crippen molar-refractivity contribution in [3.63, 3.8) is 0 Å². The molecule has 0 bridgehead atoms. The molecule has 5 nitrogen and oxygen atoms in total. The summed E-state index contributed by atoms with van der Waals surface area (Å²) in [7, 11) is -3.45. The van der Waals surface area contributed by atoms with Gasteiger partial charge in [-0.3, -0.25) is 4.98 Å². The van der Waals surface area contributed by atoms with Crippen LogP contribution in [0.1, 0.15) is 38.5 Å². The van der Waals surface area contributed by atoms with Crippen LogP contribution in [0.5, 0.6) is 0 Å². The third kappa shape index (κ3) is 4.06. The second-order valence-electron chi connectivity index (χ2n) is 8.35. The summed E-state index contributed by atoms with van der Waals surface area (Å²) in [6.45, 7) is 0. The van der Waals surface area contributed by atoms with Gasteiger partial charge in [0, 0.05) is 17.2 Å². The Hall–Kier alpha value is -2.80. The van der Waals surface area contributed by atoms with Gasteiger partial charge in [0.25, 0.3) is 0 Å². The monoisotopic (exact) mass is 437 g/mol. The first-order valence-corrected chi connectivity index (χ1v) is 12.3. The molecule has 2 aliphatic carbocycles. The normalized spacial score (nSPS) is 17.1. The highest BCUT2D eigenvalue weighted by Crippen LogP contribution is 2.36. The van der Waals surface area contributed by atoms with Crippen LogP contribution in [0, 0.1) is 5.82 Å². The predicted octanol–water partition coefficient (Wildman–Crippen LogP) is 5.24. The van der Waals surface area contributed by atoms with Gasteiger partial charge in [0.05, 0.1) is 28.2 Å². The van der Waals surface area contributed by atoms with Gasteiger partial charge in [-0.2, -0.15) is 0 Å². The topological polar surface area (TPSA) is 72.0 Å². The molecule has 1 heterocycles. The number of sulfone groups is 1. The van der Waals surface area contributed by atoms with Crippen molar-refractivity contribution < 1.29 is 12.8 Å². The van der Waals surface area contributed by atoms with E-state index in [1.807, 2.05) is 0 Å². The second-order valence-corrected chi connectivity index (χ2v) is 10.5. The van der Waals surface area contributed by atoms with Crippen LogP contribution < -0.4 is 5.32 Å². The fourth-order valence-corrected chi connectivity index (χ4v) is 6.27. The molecule has 2 aromatic carbocycles. The number of hydrogen-bond acceptors (Lipinski definition) is 5. The minimum Gasteiger partial charge on any atom is -0.366 e. The zero-order chi connectivity index (χ0) is 21.4. The molecule has 0 aliphatic heterocycles. The molecule has 0 spiro atoms. The van der Waals surface area contributed by atoms with Crippen LogP contribution in [0.25, 0.3) is 22.4 Å². The first kappa shape index (κ1) is 20.1. The second kappa shape index (κ2) is 8.04. The van der Waals surface area contributed by atoms with Crippen molar-refractivity contribution in [1.82, 2.24) is 9.97 Å². The maximum absolute atomic E-state index is 15.0. The molecule has 0 unspecified atom stereocenters. The van der Waals surface area contributed by atoms with Gasteiger partial charge in [-0.05, 0) is 49.4 Å². The molecule has 3 aromatic rings. The van der Waals surface area contributed by atoms with E-state index in [0.29, 0.717) is 47.1 Å². The summed E-state index contributed by atoms with van der Waals surface area (Å²) in [4.78, 5) is 8.95. The average Bonchev–Trinajstić information content (AvgIpc) is 3.41. The summed E-state index contributed by atoms with van der Waals surface area (Å²) in [5.74, 6) is 0.233. The van der Waals surface area contributed by atoms with Gasteiger partial charge in [0.15, 0.2) is 9.84 Å². The summed E-state index contributed by atoms with van der Waals surface area (Å²) in [5.41, 5.74) is 1.86. The largest absolute Gasteiger partial charge is 0.366 e. The van der Waals surface area contributed by atoms with Crippen molar-refractivity contribution in [3.05, 3.63) is 60.7 Å². The lowest BCUT2D eigenvalue weighted by molar-refractivity contribution is 0.580. The zero-order valence-corrected chi connectivity index (χ0v) is 17.9. The highest BCUT2D eigenvalue weighted by molar-refractivity contribution is 7.92. The Kier molecular flexibility index (Phi) is 5.22. The molecule has 0 amide bonds. The molecule has 0 saturated heterocycles. The Morgan fingerprint density at radius 3 is 2.35 bits per heavy atom. The van der Waals surface area contributed by atoms with Crippen molar-refractivity contribution in [1.29, 1.82) is 0 Å². The molecule has 5 rings (SSSR count). The summed E-state index contributed by atoms with van der Waals surface area (Å²) in [6, 6.07) is 12.1. The summed E-state index contributed by atoms with van der Waals surface area (Å²) in [5, 5.41) is 2.91. The molecule has 1 aromatic heterocycles. The molecule has 2 fully saturated rings. The smallest absolute Gasteiger partial charge is 0.181 e. The number of benzene rings is 2. The number of nitrogens with one attached hydrogen (secondary N) is 1. The Balaban J connectivity index is 1.46. The van der Waals surface area contributed by atoms with Gasteiger partial charge in [-0.1, -0.05) is 37.1 Å². The maximum atomic E-state index is 15.0. The van der Waals surface area contributed by atoms with Gasteiger partial charge >= 0.3 is 0 Å². The molecular formula is C24H24FN3O2S. The summed E-state index contributed by atoms with van der Waals surface area (Å²) >= 11 is 0. The van der Waals surface area contributed by atoms with E-state index in [1.165, 1.54) is 6.07 Å². The van der Waals surface area contributed by atoms with Gasteiger partial charge in [-0.15, -0.1) is 0 Å². The van der Waals surface area contributed by atoms with Crippen LogP contribution in [0.3, 0.4) is 0 Å². The number of aromatic nitrogens is 2. The highest BCUT2D eigenvalue weighted by Gasteiger charge is 2.32. The average molecular weight is 438 g/mol. The van der Waals surface area contributed by atoms with Crippen molar-refractivity contribution in [2.24, 2.45) is 0 Å². The molecule has 7 heteroatoms. The number of rotatable bonds is 6. The van der Waals surface area contributed by atoms with Gasteiger partial charge in [0.1, 0.15) is 11.6 Å². The summed E-state index contributed by atoms with van der Waals surface area (Å²) in [6.07, 6.45) is 8.69. The minimum absolute atomic E-state index is 0.282. The van der Waals surface area contributed by atoms with E-state index in [1.54, 1.807) is 48.8 Å². The highest BCUT2D eigenvalue weighted by atomic mass is 32.2. The molecule has 0 radical (unpaired) electrons. The van der Waals surface area contributed by atoms with E-state index in [-0.39, 0.29) is 10.1 Å². The lowest BCUT2D eigenvalue weighted by atomic mass is 10.0. The molecule has 2 aliphatic rings. The predicted molar refractivity (Wildman–Crippen MR) is 119 cm³/mol. The molecule has 1 N–H and O–H groups in total. The fraction of sp³-hybridized carbons (Fsp3) is 0.333. The number of hydrogen-bond donors (Lipinski definition) is 1. The lowest BCUT2D eigenvalue weighted by Crippen LogP contribution is -2.18. The Bertz CT molecular complexity index is 1200. The van der Waals surface area contributed by atoms with Gasteiger partial charge < -0.3 is 5.32 Å². The quantitative estimate of drug-likeness (QED) is 0.571. The van der Waals surface area contributed by atoms with Crippen molar-refractivity contribution in [2.75, 3.05) is 5.32 Å². The van der Waals surface area contributed by atoms with Crippen LogP contribution in [0.2, 0.25) is 0 Å².